The Kier molecular flexibility index (Phi) is 4.86. The maximum Gasteiger partial charge on any atom is 0.340 e. The van der Waals surface area contributed by atoms with E-state index < -0.39 is 5.97 Å². The molecule has 2 heterocycles. The Bertz CT molecular complexity index is 861. The number of anilines is 1. The highest BCUT2D eigenvalue weighted by atomic mass is 32.1. The van der Waals surface area contributed by atoms with Crippen molar-refractivity contribution >= 4 is 35.0 Å². The number of benzene rings is 1. The van der Waals surface area contributed by atoms with Crippen LogP contribution in [0.1, 0.15) is 24.3 Å². The van der Waals surface area contributed by atoms with Crippen LogP contribution in [0.3, 0.4) is 0 Å². The Balaban J connectivity index is 2.11. The first-order chi connectivity index (χ1) is 12.0. The van der Waals surface area contributed by atoms with Gasteiger partial charge in [-0.25, -0.2) is 4.79 Å². The van der Waals surface area contributed by atoms with E-state index >= 15 is 0 Å². The average molecular weight is 353 g/mol. The lowest BCUT2D eigenvalue weighted by atomic mass is 10.1. The molecular formula is C20H19NO3S. The third-order valence-corrected chi connectivity index (χ3v) is 4.82. The van der Waals surface area contributed by atoms with Crippen molar-refractivity contribution in [3.8, 4) is 0 Å². The van der Waals surface area contributed by atoms with Gasteiger partial charge in [-0.1, -0.05) is 23.8 Å². The van der Waals surface area contributed by atoms with Crippen LogP contribution in [-0.2, 0) is 14.3 Å². The first-order valence-corrected chi connectivity index (χ1v) is 8.95. The van der Waals surface area contributed by atoms with Crippen molar-refractivity contribution < 1.29 is 14.3 Å². The number of aryl methyl sites for hydroxylation is 1. The first-order valence-electron chi connectivity index (χ1n) is 8.07. The van der Waals surface area contributed by atoms with Gasteiger partial charge in [0.25, 0.3) is 5.91 Å². The molecule has 0 saturated heterocycles. The summed E-state index contributed by atoms with van der Waals surface area (Å²) in [5.74, 6) is -0.677. The summed E-state index contributed by atoms with van der Waals surface area (Å²) in [6.07, 6.45) is 1.76. The monoisotopic (exact) mass is 353 g/mol. The zero-order valence-corrected chi connectivity index (χ0v) is 15.2. The Morgan fingerprint density at radius 1 is 1.20 bits per heavy atom. The number of rotatable bonds is 4. The molecular weight excluding hydrogens is 334 g/mol. The largest absolute Gasteiger partial charge is 0.462 e. The van der Waals surface area contributed by atoms with Crippen LogP contribution >= 0.6 is 11.3 Å². The molecule has 5 heteroatoms. The molecule has 2 aromatic rings. The SMILES string of the molecule is CCOC(=O)C1=C(C)N(c2ccc(C)cc2)C(=O)C1=Cc1cccs1. The van der Waals surface area contributed by atoms with Crippen LogP contribution < -0.4 is 4.90 Å². The fourth-order valence-electron chi connectivity index (χ4n) is 2.80. The summed E-state index contributed by atoms with van der Waals surface area (Å²) in [5.41, 5.74) is 3.15. The summed E-state index contributed by atoms with van der Waals surface area (Å²) in [7, 11) is 0. The Labute approximate surface area is 151 Å². The summed E-state index contributed by atoms with van der Waals surface area (Å²) in [6, 6.07) is 11.5. The van der Waals surface area contributed by atoms with E-state index in [-0.39, 0.29) is 12.5 Å². The number of amides is 1. The van der Waals surface area contributed by atoms with Crippen LogP contribution in [0.4, 0.5) is 5.69 Å². The van der Waals surface area contributed by atoms with Crippen molar-refractivity contribution in [2.75, 3.05) is 11.5 Å². The standard InChI is InChI=1S/C20H19NO3S/c1-4-24-20(23)18-14(3)21(15-9-7-13(2)8-10-15)19(22)17(18)12-16-6-5-11-25-16/h5-12H,4H2,1-3H3. The van der Waals surface area contributed by atoms with Crippen LogP contribution in [0.15, 0.2) is 58.6 Å². The quantitative estimate of drug-likeness (QED) is 0.607. The highest BCUT2D eigenvalue weighted by molar-refractivity contribution is 7.10. The minimum atomic E-state index is -0.467. The van der Waals surface area contributed by atoms with Crippen LogP contribution in [0.2, 0.25) is 0 Å². The predicted molar refractivity (Wildman–Crippen MR) is 100 cm³/mol. The van der Waals surface area contributed by atoms with Crippen molar-refractivity contribution in [1.82, 2.24) is 0 Å². The van der Waals surface area contributed by atoms with E-state index in [2.05, 4.69) is 0 Å². The third kappa shape index (κ3) is 3.28. The number of carbonyl (C=O) groups is 2. The Hall–Kier alpha value is -2.66. The number of carbonyl (C=O) groups excluding carboxylic acids is 2. The highest BCUT2D eigenvalue weighted by Gasteiger charge is 2.38. The maximum absolute atomic E-state index is 13.1. The van der Waals surface area contributed by atoms with Crippen LogP contribution in [-0.4, -0.2) is 18.5 Å². The van der Waals surface area contributed by atoms with Gasteiger partial charge < -0.3 is 4.74 Å². The molecule has 1 aliphatic heterocycles. The summed E-state index contributed by atoms with van der Waals surface area (Å²) < 4.78 is 5.18. The molecule has 0 saturated carbocycles. The van der Waals surface area contributed by atoms with Gasteiger partial charge in [-0.05, 0) is 50.4 Å². The lowest BCUT2D eigenvalue weighted by molar-refractivity contribution is -0.138. The van der Waals surface area contributed by atoms with E-state index in [0.29, 0.717) is 16.8 Å². The number of hydrogen-bond acceptors (Lipinski definition) is 4. The molecule has 0 unspecified atom stereocenters. The van der Waals surface area contributed by atoms with E-state index in [9.17, 15) is 9.59 Å². The van der Waals surface area contributed by atoms with Gasteiger partial charge in [-0.3, -0.25) is 9.69 Å². The smallest absolute Gasteiger partial charge is 0.340 e. The lowest BCUT2D eigenvalue weighted by Gasteiger charge is -2.18. The molecule has 0 radical (unpaired) electrons. The zero-order chi connectivity index (χ0) is 18.0. The summed E-state index contributed by atoms with van der Waals surface area (Å²) in [5, 5.41) is 1.93. The van der Waals surface area contributed by atoms with Crippen molar-refractivity contribution in [3.05, 3.63) is 69.1 Å². The molecule has 3 rings (SSSR count). The second kappa shape index (κ2) is 7.07. The average Bonchev–Trinajstić information content (AvgIpc) is 3.17. The zero-order valence-electron chi connectivity index (χ0n) is 14.4. The second-order valence-electron chi connectivity index (χ2n) is 5.73. The van der Waals surface area contributed by atoms with E-state index in [4.69, 9.17) is 4.74 Å². The summed E-state index contributed by atoms with van der Waals surface area (Å²) >= 11 is 1.52. The first kappa shape index (κ1) is 17.2. The molecule has 0 atom stereocenters. The summed E-state index contributed by atoms with van der Waals surface area (Å²) in [6.45, 7) is 5.79. The molecule has 1 aromatic carbocycles. The van der Waals surface area contributed by atoms with Gasteiger partial charge in [0.2, 0.25) is 0 Å². The topological polar surface area (TPSA) is 46.6 Å². The van der Waals surface area contributed by atoms with Crippen molar-refractivity contribution in [2.45, 2.75) is 20.8 Å². The van der Waals surface area contributed by atoms with Crippen LogP contribution in [0.25, 0.3) is 6.08 Å². The molecule has 0 bridgehead atoms. The number of hydrogen-bond donors (Lipinski definition) is 0. The predicted octanol–water partition coefficient (Wildman–Crippen LogP) is 4.32. The van der Waals surface area contributed by atoms with Crippen LogP contribution in [0.5, 0.6) is 0 Å². The Morgan fingerprint density at radius 2 is 1.92 bits per heavy atom. The van der Waals surface area contributed by atoms with Gasteiger partial charge >= 0.3 is 5.97 Å². The number of esters is 1. The minimum absolute atomic E-state index is 0.210. The molecule has 4 nitrogen and oxygen atoms in total. The Morgan fingerprint density at radius 3 is 2.52 bits per heavy atom. The minimum Gasteiger partial charge on any atom is -0.462 e. The fraction of sp³-hybridized carbons (Fsp3) is 0.200. The molecule has 0 N–H and O–H groups in total. The molecule has 1 aromatic heterocycles. The second-order valence-corrected chi connectivity index (χ2v) is 6.71. The van der Waals surface area contributed by atoms with Gasteiger partial charge in [0.05, 0.1) is 17.8 Å². The molecule has 0 aliphatic carbocycles. The molecule has 0 fully saturated rings. The van der Waals surface area contributed by atoms with E-state index in [1.807, 2.05) is 48.7 Å². The lowest BCUT2D eigenvalue weighted by Crippen LogP contribution is -2.24. The molecule has 128 valence electrons. The van der Waals surface area contributed by atoms with E-state index in [1.54, 1.807) is 24.8 Å². The number of ether oxygens (including phenoxy) is 1. The van der Waals surface area contributed by atoms with Gasteiger partial charge in [0, 0.05) is 16.3 Å². The van der Waals surface area contributed by atoms with Gasteiger partial charge in [0.15, 0.2) is 0 Å². The maximum atomic E-state index is 13.1. The summed E-state index contributed by atoms with van der Waals surface area (Å²) in [4.78, 5) is 28.0. The third-order valence-electron chi connectivity index (χ3n) is 4.00. The van der Waals surface area contributed by atoms with Gasteiger partial charge in [0.1, 0.15) is 0 Å². The van der Waals surface area contributed by atoms with Crippen molar-refractivity contribution in [1.29, 1.82) is 0 Å². The molecule has 1 amide bonds. The van der Waals surface area contributed by atoms with Gasteiger partial charge in [-0.2, -0.15) is 0 Å². The van der Waals surface area contributed by atoms with Crippen molar-refractivity contribution in [3.63, 3.8) is 0 Å². The number of allylic oxidation sites excluding steroid dienone is 1. The highest BCUT2D eigenvalue weighted by Crippen LogP contribution is 2.35. The number of thiophene rings is 1. The normalized spacial score (nSPS) is 16.0. The van der Waals surface area contributed by atoms with E-state index in [0.717, 1.165) is 16.1 Å². The van der Waals surface area contributed by atoms with Crippen molar-refractivity contribution in [2.24, 2.45) is 0 Å². The fourth-order valence-corrected chi connectivity index (χ4v) is 3.46. The van der Waals surface area contributed by atoms with E-state index in [1.165, 1.54) is 11.3 Å². The number of nitrogens with zero attached hydrogens (tertiary/aromatic N) is 1. The molecule has 0 spiro atoms. The molecule has 1 aliphatic rings. The van der Waals surface area contributed by atoms with Crippen LogP contribution in [0, 0.1) is 6.92 Å². The molecule has 25 heavy (non-hydrogen) atoms. The van der Waals surface area contributed by atoms with Gasteiger partial charge in [-0.15, -0.1) is 11.3 Å².